The van der Waals surface area contributed by atoms with Crippen LogP contribution in [0.5, 0.6) is 0 Å². The van der Waals surface area contributed by atoms with Crippen LogP contribution >= 0.6 is 12.4 Å². The van der Waals surface area contributed by atoms with Crippen molar-refractivity contribution in [2.45, 2.75) is 24.7 Å². The predicted octanol–water partition coefficient (Wildman–Crippen LogP) is 2.76. The van der Waals surface area contributed by atoms with E-state index in [0.717, 1.165) is 12.8 Å². The number of nitrogen functional groups attached to an aromatic ring is 1. The Morgan fingerprint density at radius 3 is 2.33 bits per heavy atom. The second-order valence-corrected chi connectivity index (χ2v) is 8.47. The molecule has 1 aliphatic heterocycles. The quantitative estimate of drug-likeness (QED) is 0.806. The normalized spacial score (nSPS) is 15.7. The molecule has 1 aromatic heterocycles. The van der Waals surface area contributed by atoms with Gasteiger partial charge in [-0.3, -0.25) is 4.79 Å². The molecule has 0 radical (unpaired) electrons. The number of aromatic nitrogens is 1. The van der Waals surface area contributed by atoms with Crippen LogP contribution in [0.1, 0.15) is 30.1 Å². The van der Waals surface area contributed by atoms with Crippen molar-refractivity contribution in [3.63, 3.8) is 0 Å². The molecule has 1 fully saturated rings. The number of sulfonamides is 1. The maximum Gasteiger partial charge on any atom is 0.255 e. The van der Waals surface area contributed by atoms with Crippen LogP contribution in [-0.4, -0.2) is 36.7 Å². The number of hydrogen-bond donors (Lipinski definition) is 2. The molecular formula is C18H23ClN4O3S. The average molecular weight is 411 g/mol. The first-order chi connectivity index (χ1) is 12.4. The van der Waals surface area contributed by atoms with Gasteiger partial charge in [-0.2, -0.15) is 4.31 Å². The van der Waals surface area contributed by atoms with E-state index < -0.39 is 10.0 Å². The van der Waals surface area contributed by atoms with Crippen molar-refractivity contribution in [2.24, 2.45) is 5.92 Å². The molecule has 0 unspecified atom stereocenters. The molecule has 0 bridgehead atoms. The van der Waals surface area contributed by atoms with E-state index in [2.05, 4.69) is 17.2 Å². The van der Waals surface area contributed by atoms with E-state index in [1.54, 1.807) is 12.1 Å². The SMILES string of the molecule is CC1CCN(S(=O)(=O)c2ccc(C(=O)Nc3ccc(N)nc3)cc2)CC1.Cl. The number of carbonyl (C=O) groups excluding carboxylic acids is 1. The van der Waals surface area contributed by atoms with Gasteiger partial charge < -0.3 is 11.1 Å². The first-order valence-electron chi connectivity index (χ1n) is 8.49. The van der Waals surface area contributed by atoms with Gasteiger partial charge in [0.25, 0.3) is 5.91 Å². The summed E-state index contributed by atoms with van der Waals surface area (Å²) in [5.41, 5.74) is 6.40. The molecule has 0 aliphatic carbocycles. The van der Waals surface area contributed by atoms with Crippen LogP contribution in [0, 0.1) is 5.92 Å². The third-order valence-electron chi connectivity index (χ3n) is 4.54. The van der Waals surface area contributed by atoms with E-state index in [4.69, 9.17) is 5.73 Å². The highest BCUT2D eigenvalue weighted by Gasteiger charge is 2.28. The molecule has 1 amide bonds. The van der Waals surface area contributed by atoms with Crippen molar-refractivity contribution in [3.8, 4) is 0 Å². The standard InChI is InChI=1S/C18H22N4O3S.ClH/c1-13-8-10-22(11-9-13)26(24,25)16-5-2-14(3-6-16)18(23)21-15-4-7-17(19)20-12-15;/h2-7,12-13H,8-11H2,1H3,(H2,19,20)(H,21,23);1H. The van der Waals surface area contributed by atoms with Gasteiger partial charge >= 0.3 is 0 Å². The van der Waals surface area contributed by atoms with Gasteiger partial charge in [0.05, 0.1) is 16.8 Å². The Morgan fingerprint density at radius 2 is 1.78 bits per heavy atom. The number of carbonyl (C=O) groups is 1. The third-order valence-corrected chi connectivity index (χ3v) is 6.45. The maximum atomic E-state index is 12.7. The first kappa shape index (κ1) is 21.1. The number of hydrogen-bond acceptors (Lipinski definition) is 5. The molecule has 9 heteroatoms. The van der Waals surface area contributed by atoms with Gasteiger partial charge in [-0.15, -0.1) is 12.4 Å². The Balaban J connectivity index is 0.00000261. The summed E-state index contributed by atoms with van der Waals surface area (Å²) < 4.78 is 26.9. The van der Waals surface area contributed by atoms with Crippen LogP contribution in [-0.2, 0) is 10.0 Å². The fraction of sp³-hybridized carbons (Fsp3) is 0.333. The highest BCUT2D eigenvalue weighted by molar-refractivity contribution is 7.89. The van der Waals surface area contributed by atoms with Crippen molar-refractivity contribution in [2.75, 3.05) is 24.1 Å². The number of anilines is 2. The summed E-state index contributed by atoms with van der Waals surface area (Å²) in [5, 5.41) is 2.69. The van der Waals surface area contributed by atoms with Crippen molar-refractivity contribution in [1.29, 1.82) is 0 Å². The van der Waals surface area contributed by atoms with Crippen LogP contribution in [0.15, 0.2) is 47.5 Å². The minimum absolute atomic E-state index is 0. The molecule has 0 spiro atoms. The Hall–Kier alpha value is -2.16. The molecule has 7 nitrogen and oxygen atoms in total. The van der Waals surface area contributed by atoms with E-state index >= 15 is 0 Å². The number of pyridine rings is 1. The predicted molar refractivity (Wildman–Crippen MR) is 107 cm³/mol. The summed E-state index contributed by atoms with van der Waals surface area (Å²) in [6.45, 7) is 3.21. The van der Waals surface area contributed by atoms with Crippen molar-refractivity contribution in [1.82, 2.24) is 9.29 Å². The monoisotopic (exact) mass is 410 g/mol. The molecule has 0 atom stereocenters. The zero-order valence-corrected chi connectivity index (χ0v) is 16.6. The second-order valence-electron chi connectivity index (χ2n) is 6.54. The maximum absolute atomic E-state index is 12.7. The Bertz CT molecular complexity index is 878. The van der Waals surface area contributed by atoms with Crippen molar-refractivity contribution < 1.29 is 13.2 Å². The highest BCUT2D eigenvalue weighted by atomic mass is 35.5. The minimum Gasteiger partial charge on any atom is -0.384 e. The number of halogens is 1. The number of benzene rings is 1. The summed E-state index contributed by atoms with van der Waals surface area (Å²) in [5.74, 6) is 0.576. The second kappa shape index (κ2) is 8.69. The number of nitrogens with zero attached hydrogens (tertiary/aromatic N) is 2. The minimum atomic E-state index is -3.51. The molecule has 2 aromatic rings. The lowest BCUT2D eigenvalue weighted by molar-refractivity contribution is 0.102. The molecular weight excluding hydrogens is 388 g/mol. The van der Waals surface area contributed by atoms with Gasteiger partial charge in [0.1, 0.15) is 5.82 Å². The number of rotatable bonds is 4. The summed E-state index contributed by atoms with van der Waals surface area (Å²) in [6.07, 6.45) is 3.20. The summed E-state index contributed by atoms with van der Waals surface area (Å²) in [4.78, 5) is 16.4. The van der Waals surface area contributed by atoms with Gasteiger partial charge in [-0.25, -0.2) is 13.4 Å². The van der Waals surface area contributed by atoms with E-state index in [9.17, 15) is 13.2 Å². The topological polar surface area (TPSA) is 105 Å². The molecule has 1 saturated heterocycles. The van der Waals surface area contributed by atoms with Crippen LogP contribution in [0.3, 0.4) is 0 Å². The molecule has 2 heterocycles. The molecule has 1 aliphatic rings. The Morgan fingerprint density at radius 1 is 1.15 bits per heavy atom. The van der Waals surface area contributed by atoms with Gasteiger partial charge in [0.2, 0.25) is 10.0 Å². The van der Waals surface area contributed by atoms with Crippen LogP contribution in [0.2, 0.25) is 0 Å². The molecule has 3 rings (SSSR count). The largest absolute Gasteiger partial charge is 0.384 e. The van der Waals surface area contributed by atoms with E-state index in [-0.39, 0.29) is 23.2 Å². The van der Waals surface area contributed by atoms with Gasteiger partial charge in [-0.05, 0) is 55.2 Å². The lowest BCUT2D eigenvalue weighted by Crippen LogP contribution is -2.37. The lowest BCUT2D eigenvalue weighted by Gasteiger charge is -2.29. The number of piperidine rings is 1. The van der Waals surface area contributed by atoms with Crippen molar-refractivity contribution in [3.05, 3.63) is 48.2 Å². The Labute approximate surface area is 165 Å². The van der Waals surface area contributed by atoms with Crippen LogP contribution in [0.25, 0.3) is 0 Å². The third kappa shape index (κ3) is 4.97. The first-order valence-corrected chi connectivity index (χ1v) is 9.93. The van der Waals surface area contributed by atoms with Gasteiger partial charge in [0, 0.05) is 18.7 Å². The van der Waals surface area contributed by atoms with E-state index in [0.29, 0.717) is 36.1 Å². The van der Waals surface area contributed by atoms with Gasteiger partial charge in [-0.1, -0.05) is 6.92 Å². The molecule has 3 N–H and O–H groups in total. The number of nitrogens with one attached hydrogen (secondary N) is 1. The van der Waals surface area contributed by atoms with Crippen LogP contribution < -0.4 is 11.1 Å². The summed E-state index contributed by atoms with van der Waals surface area (Å²) >= 11 is 0. The zero-order chi connectivity index (χ0) is 18.7. The Kier molecular flexibility index (Phi) is 6.80. The fourth-order valence-corrected chi connectivity index (χ4v) is 4.30. The van der Waals surface area contributed by atoms with E-state index in [1.807, 2.05) is 0 Å². The van der Waals surface area contributed by atoms with Crippen molar-refractivity contribution >= 4 is 39.8 Å². The molecule has 0 saturated carbocycles. The molecule has 146 valence electrons. The summed E-state index contributed by atoms with van der Waals surface area (Å²) in [7, 11) is -3.51. The number of amides is 1. The average Bonchev–Trinajstić information content (AvgIpc) is 2.64. The summed E-state index contributed by atoms with van der Waals surface area (Å²) in [6, 6.07) is 9.22. The lowest BCUT2D eigenvalue weighted by atomic mass is 10.0. The zero-order valence-electron chi connectivity index (χ0n) is 15.0. The smallest absolute Gasteiger partial charge is 0.255 e. The van der Waals surface area contributed by atoms with Crippen LogP contribution in [0.4, 0.5) is 11.5 Å². The number of nitrogens with two attached hydrogens (primary N) is 1. The molecule has 27 heavy (non-hydrogen) atoms. The molecule has 1 aromatic carbocycles. The fourth-order valence-electron chi connectivity index (χ4n) is 2.84. The highest BCUT2D eigenvalue weighted by Crippen LogP contribution is 2.23. The van der Waals surface area contributed by atoms with Gasteiger partial charge in [0.15, 0.2) is 0 Å². The van der Waals surface area contributed by atoms with E-state index in [1.165, 1.54) is 34.8 Å².